The first-order chi connectivity index (χ1) is 11.2. The molecule has 4 rings (SSSR count). The molecule has 0 aromatic heterocycles. The molecule has 0 aromatic rings. The molecule has 0 spiro atoms. The van der Waals surface area contributed by atoms with Crippen LogP contribution in [0.25, 0.3) is 0 Å². The lowest BCUT2D eigenvalue weighted by Gasteiger charge is -2.23. The molecule has 0 fully saturated rings. The maximum atomic E-state index is 10.8. The van der Waals surface area contributed by atoms with Gasteiger partial charge in [-0.25, -0.2) is 4.99 Å². The Morgan fingerprint density at radius 1 is 1.39 bits per heavy atom. The molecule has 0 bridgehead atoms. The fraction of sp³-hybridized carbons (Fsp3) is 0.222. The number of fused-ring (bicyclic) bond motifs is 3. The molecule has 0 saturated carbocycles. The van der Waals surface area contributed by atoms with Crippen LogP contribution in [0.3, 0.4) is 0 Å². The SMILES string of the molecule is O=C(O)CCC1N=CC2=CC=CC3=C4SC=CC=C4CC3=C2O1. The maximum absolute atomic E-state index is 10.8. The highest BCUT2D eigenvalue weighted by molar-refractivity contribution is 8.06. The van der Waals surface area contributed by atoms with Crippen LogP contribution in [0, 0.1) is 0 Å². The van der Waals surface area contributed by atoms with Crippen molar-refractivity contribution in [3.63, 3.8) is 0 Å². The van der Waals surface area contributed by atoms with Crippen molar-refractivity contribution in [3.05, 3.63) is 68.7 Å². The summed E-state index contributed by atoms with van der Waals surface area (Å²) in [5.41, 5.74) is 4.65. The molecule has 5 heteroatoms. The van der Waals surface area contributed by atoms with Gasteiger partial charge in [-0.15, -0.1) is 0 Å². The Morgan fingerprint density at radius 3 is 3.17 bits per heavy atom. The molecular weight excluding hydrogens is 310 g/mol. The minimum atomic E-state index is -0.826. The second kappa shape index (κ2) is 5.74. The maximum Gasteiger partial charge on any atom is 0.303 e. The molecule has 0 saturated heterocycles. The number of thioether (sulfide) groups is 1. The van der Waals surface area contributed by atoms with E-state index in [2.05, 4.69) is 28.6 Å². The average Bonchev–Trinajstić information content (AvgIpc) is 2.83. The quantitative estimate of drug-likeness (QED) is 0.855. The van der Waals surface area contributed by atoms with E-state index < -0.39 is 12.2 Å². The van der Waals surface area contributed by atoms with Crippen molar-refractivity contribution >= 4 is 23.9 Å². The number of hydrogen-bond donors (Lipinski definition) is 1. The Balaban J connectivity index is 1.71. The Kier molecular flexibility index (Phi) is 3.58. The minimum Gasteiger partial charge on any atom is -0.481 e. The lowest BCUT2D eigenvalue weighted by Crippen LogP contribution is -2.19. The van der Waals surface area contributed by atoms with Crippen molar-refractivity contribution in [3.8, 4) is 0 Å². The third-order valence-electron chi connectivity index (χ3n) is 4.10. The molecule has 1 unspecified atom stereocenters. The number of hydrogen-bond acceptors (Lipinski definition) is 4. The number of carbonyl (C=O) groups is 1. The van der Waals surface area contributed by atoms with Crippen LogP contribution < -0.4 is 0 Å². The zero-order valence-electron chi connectivity index (χ0n) is 12.4. The van der Waals surface area contributed by atoms with Crippen molar-refractivity contribution < 1.29 is 14.6 Å². The minimum absolute atomic E-state index is 0.0563. The Hall–Kier alpha value is -2.27. The highest BCUT2D eigenvalue weighted by Gasteiger charge is 2.31. The van der Waals surface area contributed by atoms with Gasteiger partial charge in [-0.2, -0.15) is 0 Å². The van der Waals surface area contributed by atoms with Crippen molar-refractivity contribution in [2.45, 2.75) is 25.5 Å². The molecule has 23 heavy (non-hydrogen) atoms. The van der Waals surface area contributed by atoms with Gasteiger partial charge < -0.3 is 9.84 Å². The molecule has 4 aliphatic rings. The molecule has 2 heterocycles. The molecule has 0 aromatic carbocycles. The van der Waals surface area contributed by atoms with E-state index in [-0.39, 0.29) is 6.42 Å². The van der Waals surface area contributed by atoms with E-state index in [1.54, 1.807) is 18.0 Å². The molecule has 0 radical (unpaired) electrons. The van der Waals surface area contributed by atoms with Crippen molar-refractivity contribution in [2.75, 3.05) is 0 Å². The first kappa shape index (κ1) is 14.3. The predicted octanol–water partition coefficient (Wildman–Crippen LogP) is 3.87. The zero-order valence-corrected chi connectivity index (χ0v) is 13.2. The van der Waals surface area contributed by atoms with Crippen LogP contribution in [-0.2, 0) is 9.53 Å². The number of rotatable bonds is 3. The highest BCUT2D eigenvalue weighted by Crippen LogP contribution is 2.48. The molecule has 2 aliphatic heterocycles. The van der Waals surface area contributed by atoms with Gasteiger partial charge in [0, 0.05) is 35.1 Å². The van der Waals surface area contributed by atoms with Crippen LogP contribution in [0.4, 0.5) is 0 Å². The van der Waals surface area contributed by atoms with E-state index in [1.165, 1.54) is 21.6 Å². The van der Waals surface area contributed by atoms with Gasteiger partial charge in [0.05, 0.1) is 6.42 Å². The summed E-state index contributed by atoms with van der Waals surface area (Å²) in [4.78, 5) is 16.4. The number of carboxylic acid groups (broad SMARTS) is 1. The van der Waals surface area contributed by atoms with Crippen molar-refractivity contribution in [1.29, 1.82) is 0 Å². The van der Waals surface area contributed by atoms with Crippen molar-refractivity contribution in [2.24, 2.45) is 4.99 Å². The number of carboxylic acids is 1. The van der Waals surface area contributed by atoms with Gasteiger partial charge in [-0.1, -0.05) is 36.1 Å². The van der Waals surface area contributed by atoms with Gasteiger partial charge in [-0.05, 0) is 22.6 Å². The van der Waals surface area contributed by atoms with Crippen LogP contribution in [-0.4, -0.2) is 23.5 Å². The first-order valence-electron chi connectivity index (χ1n) is 7.53. The predicted molar refractivity (Wildman–Crippen MR) is 90.9 cm³/mol. The summed E-state index contributed by atoms with van der Waals surface area (Å²) >= 11 is 1.74. The zero-order chi connectivity index (χ0) is 15.8. The lowest BCUT2D eigenvalue weighted by molar-refractivity contribution is -0.137. The summed E-state index contributed by atoms with van der Waals surface area (Å²) in [5, 5.41) is 10.9. The van der Waals surface area contributed by atoms with E-state index in [9.17, 15) is 4.79 Å². The molecule has 116 valence electrons. The second-order valence-electron chi connectivity index (χ2n) is 5.63. The number of ether oxygens (including phenoxy) is 1. The average molecular weight is 325 g/mol. The normalized spacial score (nSPS) is 24.4. The Bertz CT molecular complexity index is 793. The lowest BCUT2D eigenvalue weighted by atomic mass is 10.0. The van der Waals surface area contributed by atoms with Gasteiger partial charge in [0.1, 0.15) is 5.76 Å². The van der Waals surface area contributed by atoms with E-state index in [0.29, 0.717) is 6.42 Å². The number of nitrogens with zero attached hydrogens (tertiary/aromatic N) is 1. The summed E-state index contributed by atoms with van der Waals surface area (Å²) in [6.45, 7) is 0. The molecule has 2 aliphatic carbocycles. The third-order valence-corrected chi connectivity index (χ3v) is 5.12. The van der Waals surface area contributed by atoms with Crippen LogP contribution in [0.2, 0.25) is 0 Å². The van der Waals surface area contributed by atoms with Gasteiger partial charge in [0.15, 0.2) is 6.23 Å². The van der Waals surface area contributed by atoms with E-state index in [0.717, 1.165) is 17.8 Å². The molecule has 0 amide bonds. The summed E-state index contributed by atoms with van der Waals surface area (Å²) in [6.07, 6.45) is 13.0. The Morgan fingerprint density at radius 2 is 2.30 bits per heavy atom. The van der Waals surface area contributed by atoms with Gasteiger partial charge >= 0.3 is 5.97 Å². The fourth-order valence-electron chi connectivity index (χ4n) is 3.04. The second-order valence-corrected chi connectivity index (χ2v) is 6.55. The van der Waals surface area contributed by atoms with Crippen LogP contribution in [0.5, 0.6) is 0 Å². The van der Waals surface area contributed by atoms with Crippen LogP contribution >= 0.6 is 11.8 Å². The Labute approximate surface area is 138 Å². The monoisotopic (exact) mass is 325 g/mol. The smallest absolute Gasteiger partial charge is 0.303 e. The van der Waals surface area contributed by atoms with Gasteiger partial charge in [-0.3, -0.25) is 4.79 Å². The topological polar surface area (TPSA) is 58.9 Å². The summed E-state index contributed by atoms with van der Waals surface area (Å²) < 4.78 is 6.06. The van der Waals surface area contributed by atoms with Crippen molar-refractivity contribution in [1.82, 2.24) is 0 Å². The number of aliphatic carboxylic acids is 1. The van der Waals surface area contributed by atoms with Gasteiger partial charge in [0.2, 0.25) is 0 Å². The molecule has 4 nitrogen and oxygen atoms in total. The summed E-state index contributed by atoms with van der Waals surface area (Å²) in [5.74, 6) is 0.0198. The standard InChI is InChI=1S/C18H15NO3S/c20-16(21)7-6-15-19-10-12-3-1-5-13-14(17(12)22-15)9-11-4-2-8-23-18(11)13/h1-5,8,10,15H,6-7,9H2,(H,20,21). The summed E-state index contributed by atoms with van der Waals surface area (Å²) in [6, 6.07) is 0. The van der Waals surface area contributed by atoms with Gasteiger partial charge in [0.25, 0.3) is 0 Å². The van der Waals surface area contributed by atoms with Crippen LogP contribution in [0.15, 0.2) is 73.7 Å². The third kappa shape index (κ3) is 2.61. The van der Waals surface area contributed by atoms with E-state index in [4.69, 9.17) is 9.84 Å². The van der Waals surface area contributed by atoms with Crippen LogP contribution in [0.1, 0.15) is 19.3 Å². The highest BCUT2D eigenvalue weighted by atomic mass is 32.2. The van der Waals surface area contributed by atoms with E-state index in [1.807, 2.05) is 12.2 Å². The fourth-order valence-corrected chi connectivity index (χ4v) is 3.94. The first-order valence-corrected chi connectivity index (χ1v) is 8.41. The number of aliphatic imine (C=N–C) groups is 1. The molecule has 1 N–H and O–H groups in total. The molecule has 1 atom stereocenters. The molecular formula is C18H15NO3S. The largest absolute Gasteiger partial charge is 0.481 e. The van der Waals surface area contributed by atoms with E-state index >= 15 is 0 Å². The summed E-state index contributed by atoms with van der Waals surface area (Å²) in [7, 11) is 0. The number of allylic oxidation sites excluding steroid dienone is 9.